The first kappa shape index (κ1) is 10.2. The number of aromatic nitrogens is 1. The zero-order valence-corrected chi connectivity index (χ0v) is 7.07. The second-order valence-electron chi connectivity index (χ2n) is 2.51. The van der Waals surface area contributed by atoms with Crippen molar-refractivity contribution in [3.05, 3.63) is 27.7 Å². The normalized spacial score (nSPS) is 9.86. The fourth-order valence-electron chi connectivity index (χ4n) is 0.920. The number of aliphatic hydroxyl groups excluding tert-OH is 1. The van der Waals surface area contributed by atoms with E-state index >= 15 is 0 Å². The topological polar surface area (TPSA) is 128 Å². The van der Waals surface area contributed by atoms with Gasteiger partial charge in [0.2, 0.25) is 5.43 Å². The van der Waals surface area contributed by atoms with E-state index in [0.29, 0.717) is 0 Å². The summed E-state index contributed by atoms with van der Waals surface area (Å²) in [5.74, 6) is 3.52. The average molecular weight is 199 g/mol. The Morgan fingerprint density at radius 1 is 1.64 bits per heavy atom. The number of aromatic hydroxyl groups is 1. The average Bonchev–Trinajstić information content (AvgIpc) is 2.20. The third-order valence-corrected chi connectivity index (χ3v) is 1.61. The minimum Gasteiger partial charge on any atom is -0.503 e. The van der Waals surface area contributed by atoms with Crippen molar-refractivity contribution >= 4 is 5.91 Å². The number of carbonyl (C=O) groups is 1. The van der Waals surface area contributed by atoms with Gasteiger partial charge in [0.05, 0.1) is 12.3 Å². The quantitative estimate of drug-likeness (QED) is 0.217. The molecule has 0 bridgehead atoms. The van der Waals surface area contributed by atoms with Crippen LogP contribution in [0.5, 0.6) is 5.75 Å². The van der Waals surface area contributed by atoms with Crippen molar-refractivity contribution in [3.8, 4) is 5.75 Å². The first-order valence-corrected chi connectivity index (χ1v) is 3.67. The zero-order chi connectivity index (χ0) is 10.7. The molecule has 0 aliphatic rings. The highest BCUT2D eigenvalue weighted by Gasteiger charge is 2.11. The minimum absolute atomic E-state index is 0.126. The standard InChI is InChI=1S/C7H9N3O4/c8-10-7(14)3-1-5(12)6(13)4(2-11)9-3/h1,11,13H,2,8H2,(H,9,12)(H,10,14). The summed E-state index contributed by atoms with van der Waals surface area (Å²) in [6.07, 6.45) is 0. The van der Waals surface area contributed by atoms with Gasteiger partial charge in [0.1, 0.15) is 5.69 Å². The summed E-state index contributed by atoms with van der Waals surface area (Å²) >= 11 is 0. The molecule has 7 nitrogen and oxygen atoms in total. The number of hydrazine groups is 1. The largest absolute Gasteiger partial charge is 0.503 e. The first-order valence-electron chi connectivity index (χ1n) is 3.67. The summed E-state index contributed by atoms with van der Waals surface area (Å²) in [7, 11) is 0. The van der Waals surface area contributed by atoms with Crippen molar-refractivity contribution in [1.29, 1.82) is 0 Å². The molecule has 0 radical (unpaired) electrons. The van der Waals surface area contributed by atoms with Crippen LogP contribution in [-0.2, 0) is 6.61 Å². The molecule has 0 aliphatic carbocycles. The van der Waals surface area contributed by atoms with E-state index in [1.165, 1.54) is 0 Å². The van der Waals surface area contributed by atoms with Gasteiger partial charge in [-0.15, -0.1) is 0 Å². The molecule has 0 unspecified atom stereocenters. The predicted octanol–water partition coefficient (Wildman–Crippen LogP) is -1.82. The Morgan fingerprint density at radius 2 is 2.29 bits per heavy atom. The number of pyridine rings is 1. The summed E-state index contributed by atoms with van der Waals surface area (Å²) in [5.41, 5.74) is 0.795. The van der Waals surface area contributed by atoms with Gasteiger partial charge in [0.15, 0.2) is 5.75 Å². The van der Waals surface area contributed by atoms with E-state index in [1.54, 1.807) is 5.43 Å². The SMILES string of the molecule is NNC(=O)c1cc(=O)c(O)c(CO)[nH]1. The second kappa shape index (κ2) is 3.90. The Kier molecular flexibility index (Phi) is 2.85. The molecular weight excluding hydrogens is 190 g/mol. The maximum absolute atomic E-state index is 11.0. The minimum atomic E-state index is -0.758. The molecule has 14 heavy (non-hydrogen) atoms. The van der Waals surface area contributed by atoms with Crippen molar-refractivity contribution < 1.29 is 15.0 Å². The van der Waals surface area contributed by atoms with Gasteiger partial charge in [-0.2, -0.15) is 0 Å². The lowest BCUT2D eigenvalue weighted by atomic mass is 10.2. The van der Waals surface area contributed by atoms with Crippen LogP contribution in [0.3, 0.4) is 0 Å². The van der Waals surface area contributed by atoms with Gasteiger partial charge >= 0.3 is 0 Å². The van der Waals surface area contributed by atoms with Crippen LogP contribution in [-0.4, -0.2) is 21.1 Å². The van der Waals surface area contributed by atoms with E-state index in [1.807, 2.05) is 0 Å². The highest BCUT2D eigenvalue weighted by molar-refractivity contribution is 5.91. The highest BCUT2D eigenvalue weighted by Crippen LogP contribution is 2.08. The molecule has 1 amide bonds. The van der Waals surface area contributed by atoms with Crippen LogP contribution in [0.4, 0.5) is 0 Å². The number of aromatic amines is 1. The fourth-order valence-corrected chi connectivity index (χ4v) is 0.920. The molecule has 1 rings (SSSR count). The summed E-state index contributed by atoms with van der Waals surface area (Å²) in [6, 6.07) is 0.886. The van der Waals surface area contributed by atoms with E-state index < -0.39 is 23.7 Å². The number of aliphatic hydroxyl groups is 1. The van der Waals surface area contributed by atoms with Gasteiger partial charge in [-0.25, -0.2) is 5.84 Å². The molecule has 0 saturated carbocycles. The fraction of sp³-hybridized carbons (Fsp3) is 0.143. The Balaban J connectivity index is 3.30. The van der Waals surface area contributed by atoms with E-state index in [9.17, 15) is 9.59 Å². The van der Waals surface area contributed by atoms with Crippen molar-refractivity contribution in [3.63, 3.8) is 0 Å². The lowest BCUT2D eigenvalue weighted by Crippen LogP contribution is -2.31. The van der Waals surface area contributed by atoms with Crippen molar-refractivity contribution in [2.24, 2.45) is 5.84 Å². The van der Waals surface area contributed by atoms with Crippen LogP contribution >= 0.6 is 0 Å². The van der Waals surface area contributed by atoms with Crippen LogP contribution in [0.25, 0.3) is 0 Å². The third-order valence-electron chi connectivity index (χ3n) is 1.61. The third kappa shape index (κ3) is 1.73. The number of H-pyrrole nitrogens is 1. The molecule has 0 aromatic carbocycles. The lowest BCUT2D eigenvalue weighted by Gasteiger charge is -2.04. The van der Waals surface area contributed by atoms with Gasteiger partial charge in [-0.1, -0.05) is 0 Å². The number of nitrogens with two attached hydrogens (primary N) is 1. The smallest absolute Gasteiger partial charge is 0.281 e. The van der Waals surface area contributed by atoms with E-state index in [-0.39, 0.29) is 11.4 Å². The zero-order valence-electron chi connectivity index (χ0n) is 7.07. The number of nitrogens with one attached hydrogen (secondary N) is 2. The van der Waals surface area contributed by atoms with Gasteiger partial charge in [0.25, 0.3) is 5.91 Å². The molecule has 0 fully saturated rings. The van der Waals surface area contributed by atoms with E-state index in [4.69, 9.17) is 16.1 Å². The van der Waals surface area contributed by atoms with Crippen LogP contribution in [0, 0.1) is 0 Å². The number of nitrogen functional groups attached to an aromatic ring is 1. The van der Waals surface area contributed by atoms with Crippen LogP contribution in [0.1, 0.15) is 16.2 Å². The molecule has 1 aromatic rings. The molecule has 1 heterocycles. The molecule has 76 valence electrons. The molecule has 0 saturated heterocycles. The Morgan fingerprint density at radius 3 is 2.79 bits per heavy atom. The van der Waals surface area contributed by atoms with Crippen LogP contribution in [0.2, 0.25) is 0 Å². The monoisotopic (exact) mass is 199 g/mol. The molecular formula is C7H9N3O4. The summed E-state index contributed by atoms with van der Waals surface area (Å²) in [5, 5.41) is 17.8. The number of rotatable bonds is 2. The van der Waals surface area contributed by atoms with Gasteiger partial charge < -0.3 is 15.2 Å². The molecule has 7 heteroatoms. The van der Waals surface area contributed by atoms with Gasteiger partial charge in [-0.05, 0) is 0 Å². The van der Waals surface area contributed by atoms with Gasteiger partial charge in [0, 0.05) is 6.07 Å². The molecule has 0 spiro atoms. The first-order chi connectivity index (χ1) is 6.60. The predicted molar refractivity (Wildman–Crippen MR) is 46.3 cm³/mol. The molecule has 0 aliphatic heterocycles. The number of amides is 1. The Labute approximate surface area is 78.2 Å². The van der Waals surface area contributed by atoms with Crippen LogP contribution in [0.15, 0.2) is 10.9 Å². The number of hydrogen-bond acceptors (Lipinski definition) is 5. The molecule has 0 atom stereocenters. The summed E-state index contributed by atoms with van der Waals surface area (Å²) < 4.78 is 0. The molecule has 6 N–H and O–H groups in total. The van der Waals surface area contributed by atoms with Crippen molar-refractivity contribution in [1.82, 2.24) is 10.4 Å². The second-order valence-corrected chi connectivity index (χ2v) is 2.51. The maximum Gasteiger partial charge on any atom is 0.281 e. The van der Waals surface area contributed by atoms with Crippen LogP contribution < -0.4 is 16.7 Å². The van der Waals surface area contributed by atoms with E-state index in [2.05, 4.69) is 4.98 Å². The highest BCUT2D eigenvalue weighted by atomic mass is 16.3. The lowest BCUT2D eigenvalue weighted by molar-refractivity contribution is 0.0948. The van der Waals surface area contributed by atoms with Crippen molar-refractivity contribution in [2.45, 2.75) is 6.61 Å². The molecule has 1 aromatic heterocycles. The number of carbonyl (C=O) groups excluding carboxylic acids is 1. The summed E-state index contributed by atoms with van der Waals surface area (Å²) in [4.78, 5) is 24.4. The van der Waals surface area contributed by atoms with Crippen molar-refractivity contribution in [2.75, 3.05) is 0 Å². The van der Waals surface area contributed by atoms with Gasteiger partial charge in [-0.3, -0.25) is 15.0 Å². The van der Waals surface area contributed by atoms with E-state index in [0.717, 1.165) is 6.07 Å². The number of hydrogen-bond donors (Lipinski definition) is 5. The summed E-state index contributed by atoms with van der Waals surface area (Å²) in [6.45, 7) is -0.577. The Bertz CT molecular complexity index is 412. The maximum atomic E-state index is 11.0. The Hall–Kier alpha value is -1.86.